The van der Waals surface area contributed by atoms with Crippen molar-refractivity contribution in [2.45, 2.75) is 13.3 Å². The van der Waals surface area contributed by atoms with E-state index in [-0.39, 0.29) is 12.5 Å². The van der Waals surface area contributed by atoms with Gasteiger partial charge in [-0.2, -0.15) is 5.26 Å². The molecule has 0 unspecified atom stereocenters. The van der Waals surface area contributed by atoms with Crippen LogP contribution in [0.5, 0.6) is 0 Å². The molecule has 0 bridgehead atoms. The fraction of sp³-hybridized carbons (Fsp3) is 0.385. The summed E-state index contributed by atoms with van der Waals surface area (Å²) in [6.07, 6.45) is 0.424. The minimum Gasteiger partial charge on any atom is -0.324 e. The number of amides is 1. The Hall–Kier alpha value is -1.57. The molecule has 1 aromatic rings. The van der Waals surface area contributed by atoms with Crippen molar-refractivity contribution >= 4 is 23.2 Å². The Morgan fingerprint density at radius 1 is 1.50 bits per heavy atom. The number of benzene rings is 1. The molecule has 0 aliphatic rings. The van der Waals surface area contributed by atoms with Crippen LogP contribution in [0.1, 0.15) is 13.3 Å². The van der Waals surface area contributed by atoms with E-state index < -0.39 is 0 Å². The van der Waals surface area contributed by atoms with Gasteiger partial charge in [-0.15, -0.1) is 0 Å². The first-order valence-electron chi connectivity index (χ1n) is 5.81. The van der Waals surface area contributed by atoms with Crippen molar-refractivity contribution in [1.29, 1.82) is 5.26 Å². The molecule has 5 heteroatoms. The zero-order valence-corrected chi connectivity index (χ0v) is 11.1. The lowest BCUT2D eigenvalue weighted by Gasteiger charge is -2.18. The molecule has 0 radical (unpaired) electrons. The Balaban J connectivity index is 2.51. The molecule has 1 aromatic carbocycles. The van der Waals surface area contributed by atoms with Gasteiger partial charge < -0.3 is 5.32 Å². The summed E-state index contributed by atoms with van der Waals surface area (Å²) in [5.74, 6) is -0.122. The zero-order valence-electron chi connectivity index (χ0n) is 10.3. The van der Waals surface area contributed by atoms with E-state index in [1.807, 2.05) is 24.0 Å². The smallest absolute Gasteiger partial charge is 0.238 e. The Morgan fingerprint density at radius 3 is 2.83 bits per heavy atom. The molecule has 0 fully saturated rings. The summed E-state index contributed by atoms with van der Waals surface area (Å²) in [6, 6.07) is 9.18. The van der Waals surface area contributed by atoms with Crippen molar-refractivity contribution in [3.8, 4) is 6.07 Å². The van der Waals surface area contributed by atoms with Gasteiger partial charge in [0.05, 0.1) is 23.3 Å². The van der Waals surface area contributed by atoms with Crippen LogP contribution in [-0.4, -0.2) is 30.4 Å². The van der Waals surface area contributed by atoms with Crippen LogP contribution in [0.25, 0.3) is 0 Å². The topological polar surface area (TPSA) is 56.1 Å². The van der Waals surface area contributed by atoms with E-state index in [1.165, 1.54) is 0 Å². The number of carbonyl (C=O) groups excluding carboxylic acids is 1. The third-order valence-corrected chi connectivity index (χ3v) is 2.83. The maximum absolute atomic E-state index is 11.8. The first kappa shape index (κ1) is 14.5. The highest BCUT2D eigenvalue weighted by Crippen LogP contribution is 2.20. The van der Waals surface area contributed by atoms with Gasteiger partial charge in [-0.1, -0.05) is 30.7 Å². The van der Waals surface area contributed by atoms with Crippen LogP contribution in [0.4, 0.5) is 5.69 Å². The number of halogens is 1. The highest BCUT2D eigenvalue weighted by atomic mass is 35.5. The number of hydrogen-bond donors (Lipinski definition) is 1. The van der Waals surface area contributed by atoms with Crippen molar-refractivity contribution in [2.75, 3.05) is 25.0 Å². The van der Waals surface area contributed by atoms with Crippen LogP contribution >= 0.6 is 11.6 Å². The van der Waals surface area contributed by atoms with Crippen molar-refractivity contribution in [3.05, 3.63) is 29.3 Å². The molecule has 0 atom stereocenters. The van der Waals surface area contributed by atoms with Crippen molar-refractivity contribution in [3.63, 3.8) is 0 Å². The van der Waals surface area contributed by atoms with Crippen LogP contribution < -0.4 is 5.32 Å². The number of nitriles is 1. The lowest BCUT2D eigenvalue weighted by molar-refractivity contribution is -0.117. The molecule has 0 heterocycles. The molecule has 0 spiro atoms. The second-order valence-corrected chi connectivity index (χ2v) is 4.21. The van der Waals surface area contributed by atoms with Crippen LogP contribution in [-0.2, 0) is 4.79 Å². The molecule has 1 amide bonds. The molecule has 0 saturated carbocycles. The number of nitrogens with one attached hydrogen (secondary N) is 1. The molecule has 0 saturated heterocycles. The number of hydrogen-bond acceptors (Lipinski definition) is 3. The largest absolute Gasteiger partial charge is 0.324 e. The van der Waals surface area contributed by atoms with Gasteiger partial charge >= 0.3 is 0 Å². The van der Waals surface area contributed by atoms with Crippen LogP contribution in [0.3, 0.4) is 0 Å². The minimum atomic E-state index is -0.122. The van der Waals surface area contributed by atoms with E-state index in [1.54, 1.807) is 12.1 Å². The van der Waals surface area contributed by atoms with Gasteiger partial charge in [0.25, 0.3) is 0 Å². The van der Waals surface area contributed by atoms with Crippen LogP contribution in [0.2, 0.25) is 5.02 Å². The van der Waals surface area contributed by atoms with Gasteiger partial charge in [0.15, 0.2) is 0 Å². The van der Waals surface area contributed by atoms with E-state index in [2.05, 4.69) is 11.4 Å². The summed E-state index contributed by atoms with van der Waals surface area (Å²) >= 11 is 5.95. The average Bonchev–Trinajstić information content (AvgIpc) is 2.37. The van der Waals surface area contributed by atoms with Gasteiger partial charge in [-0.25, -0.2) is 0 Å². The molecule has 1 N–H and O–H groups in total. The summed E-state index contributed by atoms with van der Waals surface area (Å²) in [5.41, 5.74) is 0.612. The normalized spacial score (nSPS) is 10.1. The summed E-state index contributed by atoms with van der Waals surface area (Å²) in [5, 5.41) is 11.8. The number of rotatable bonds is 6. The van der Waals surface area contributed by atoms with Crippen LogP contribution in [0.15, 0.2) is 24.3 Å². The Labute approximate surface area is 112 Å². The number of carbonyl (C=O) groups is 1. The first-order chi connectivity index (χ1) is 8.67. The third-order valence-electron chi connectivity index (χ3n) is 2.50. The predicted octanol–water partition coefficient (Wildman–Crippen LogP) is 2.51. The lowest BCUT2D eigenvalue weighted by atomic mass is 10.3. The second kappa shape index (κ2) is 7.70. The van der Waals surface area contributed by atoms with Crippen molar-refractivity contribution in [2.24, 2.45) is 0 Å². The van der Waals surface area contributed by atoms with Crippen molar-refractivity contribution in [1.82, 2.24) is 4.90 Å². The molecule has 0 aromatic heterocycles. The van der Waals surface area contributed by atoms with Gasteiger partial charge in [-0.05, 0) is 18.7 Å². The van der Waals surface area contributed by atoms with Gasteiger partial charge in [-0.3, -0.25) is 9.69 Å². The SMILES string of the molecule is CCN(CCC#N)CC(=O)Nc1ccccc1Cl. The Kier molecular flexibility index (Phi) is 6.20. The maximum atomic E-state index is 11.8. The second-order valence-electron chi connectivity index (χ2n) is 3.80. The van der Waals surface area contributed by atoms with E-state index in [0.29, 0.717) is 23.7 Å². The molecule has 0 aliphatic heterocycles. The first-order valence-corrected chi connectivity index (χ1v) is 6.18. The predicted molar refractivity (Wildman–Crippen MR) is 72.4 cm³/mol. The van der Waals surface area contributed by atoms with E-state index in [4.69, 9.17) is 16.9 Å². The fourth-order valence-corrected chi connectivity index (χ4v) is 1.70. The number of para-hydroxylation sites is 1. The van der Waals surface area contributed by atoms with Gasteiger partial charge in [0, 0.05) is 13.0 Å². The molecule has 4 nitrogen and oxygen atoms in total. The van der Waals surface area contributed by atoms with E-state index in [0.717, 1.165) is 6.54 Å². The Morgan fingerprint density at radius 2 is 2.22 bits per heavy atom. The summed E-state index contributed by atoms with van der Waals surface area (Å²) < 4.78 is 0. The molecule has 0 aliphatic carbocycles. The van der Waals surface area contributed by atoms with Gasteiger partial charge in [0.2, 0.25) is 5.91 Å². The number of anilines is 1. The quantitative estimate of drug-likeness (QED) is 0.860. The summed E-state index contributed by atoms with van der Waals surface area (Å²) in [4.78, 5) is 13.7. The molecule has 18 heavy (non-hydrogen) atoms. The van der Waals surface area contributed by atoms with Crippen molar-refractivity contribution < 1.29 is 4.79 Å². The molecule has 1 rings (SSSR count). The number of nitrogens with zero attached hydrogens (tertiary/aromatic N) is 2. The monoisotopic (exact) mass is 265 g/mol. The standard InChI is InChI=1S/C13H16ClN3O/c1-2-17(9-5-8-15)10-13(18)16-12-7-4-3-6-11(12)14/h3-4,6-7H,2,5,9-10H2,1H3,(H,16,18). The minimum absolute atomic E-state index is 0.122. The molecule has 96 valence electrons. The molecular formula is C13H16ClN3O. The highest BCUT2D eigenvalue weighted by Gasteiger charge is 2.10. The third kappa shape index (κ3) is 4.74. The number of likely N-dealkylation sites (N-methyl/N-ethyl adjacent to an activating group) is 1. The van der Waals surface area contributed by atoms with E-state index in [9.17, 15) is 4.79 Å². The lowest BCUT2D eigenvalue weighted by Crippen LogP contribution is -2.33. The van der Waals surface area contributed by atoms with Crippen LogP contribution in [0, 0.1) is 11.3 Å². The zero-order chi connectivity index (χ0) is 13.4. The molecular weight excluding hydrogens is 250 g/mol. The Bertz CT molecular complexity index is 442. The average molecular weight is 266 g/mol. The van der Waals surface area contributed by atoms with Gasteiger partial charge in [0.1, 0.15) is 0 Å². The summed E-state index contributed by atoms with van der Waals surface area (Å²) in [6.45, 7) is 3.56. The maximum Gasteiger partial charge on any atom is 0.238 e. The highest BCUT2D eigenvalue weighted by molar-refractivity contribution is 6.33. The summed E-state index contributed by atoms with van der Waals surface area (Å²) in [7, 11) is 0. The van der Waals surface area contributed by atoms with E-state index >= 15 is 0 Å². The fourth-order valence-electron chi connectivity index (χ4n) is 1.51.